The maximum absolute atomic E-state index is 13.4. The molecule has 2 aromatic carbocycles. The average Bonchev–Trinajstić information content (AvgIpc) is 2.29. The number of rotatable bonds is 2. The summed E-state index contributed by atoms with van der Waals surface area (Å²) in [6, 6.07) is 6.04. The van der Waals surface area contributed by atoms with Crippen LogP contribution in [0.15, 0.2) is 24.3 Å². The van der Waals surface area contributed by atoms with Gasteiger partial charge in [-0.25, -0.2) is 4.39 Å². The van der Waals surface area contributed by atoms with E-state index in [0.29, 0.717) is 10.8 Å². The van der Waals surface area contributed by atoms with Crippen LogP contribution >= 0.6 is 23.2 Å². The summed E-state index contributed by atoms with van der Waals surface area (Å²) in [4.78, 5) is 0. The van der Waals surface area contributed by atoms with Crippen molar-refractivity contribution in [2.45, 2.75) is 13.8 Å². The third-order valence-electron chi connectivity index (χ3n) is 2.69. The van der Waals surface area contributed by atoms with E-state index in [-0.39, 0.29) is 16.5 Å². The molecule has 0 spiro atoms. The SMILES string of the molecule is Cc1cc(Cl)cc(C)c1Oc1cc(F)c(Cl)cc1N. The van der Waals surface area contributed by atoms with Crippen molar-refractivity contribution < 1.29 is 9.13 Å². The van der Waals surface area contributed by atoms with E-state index in [0.717, 1.165) is 11.1 Å². The van der Waals surface area contributed by atoms with Crippen LogP contribution in [0.2, 0.25) is 10.0 Å². The molecule has 5 heteroatoms. The molecule has 0 fully saturated rings. The molecule has 0 aliphatic rings. The number of nitrogens with two attached hydrogens (primary N) is 1. The lowest BCUT2D eigenvalue weighted by Crippen LogP contribution is -1.97. The molecule has 100 valence electrons. The maximum atomic E-state index is 13.4. The van der Waals surface area contributed by atoms with E-state index in [2.05, 4.69) is 0 Å². The fourth-order valence-corrected chi connectivity index (χ4v) is 2.30. The molecule has 19 heavy (non-hydrogen) atoms. The van der Waals surface area contributed by atoms with Gasteiger partial charge in [0.05, 0.1) is 10.7 Å². The Morgan fingerprint density at radius 1 is 1.05 bits per heavy atom. The van der Waals surface area contributed by atoms with E-state index in [4.69, 9.17) is 33.7 Å². The van der Waals surface area contributed by atoms with Gasteiger partial charge in [-0.1, -0.05) is 23.2 Å². The van der Waals surface area contributed by atoms with Gasteiger partial charge in [-0.2, -0.15) is 0 Å². The molecule has 0 amide bonds. The van der Waals surface area contributed by atoms with Gasteiger partial charge in [0.1, 0.15) is 11.6 Å². The number of anilines is 1. The van der Waals surface area contributed by atoms with Crippen LogP contribution in [0.3, 0.4) is 0 Å². The third-order valence-corrected chi connectivity index (χ3v) is 3.20. The van der Waals surface area contributed by atoms with Crippen molar-refractivity contribution in [1.82, 2.24) is 0 Å². The molecule has 0 aliphatic carbocycles. The molecule has 0 aliphatic heterocycles. The largest absolute Gasteiger partial charge is 0.455 e. The Morgan fingerprint density at radius 3 is 2.21 bits per heavy atom. The molecular weight excluding hydrogens is 288 g/mol. The molecule has 0 saturated carbocycles. The van der Waals surface area contributed by atoms with Crippen LogP contribution in [0.4, 0.5) is 10.1 Å². The molecule has 2 N–H and O–H groups in total. The predicted octanol–water partition coefficient (Wildman–Crippen LogP) is 5.12. The second kappa shape index (κ2) is 5.27. The zero-order valence-electron chi connectivity index (χ0n) is 10.4. The number of nitrogen functional groups attached to an aromatic ring is 1. The van der Waals surface area contributed by atoms with Gasteiger partial charge in [-0.3, -0.25) is 0 Å². The molecule has 2 aromatic rings. The summed E-state index contributed by atoms with van der Waals surface area (Å²) in [5, 5.41) is 0.590. The second-order valence-corrected chi connectivity index (χ2v) is 5.12. The van der Waals surface area contributed by atoms with Crippen LogP contribution < -0.4 is 10.5 Å². The van der Waals surface area contributed by atoms with Gasteiger partial charge in [0.25, 0.3) is 0 Å². The fraction of sp³-hybridized carbons (Fsp3) is 0.143. The molecule has 0 heterocycles. The minimum atomic E-state index is -0.574. The van der Waals surface area contributed by atoms with Crippen LogP contribution in [-0.4, -0.2) is 0 Å². The Morgan fingerprint density at radius 2 is 1.63 bits per heavy atom. The van der Waals surface area contributed by atoms with Crippen LogP contribution in [0.5, 0.6) is 11.5 Å². The summed E-state index contributed by atoms with van der Waals surface area (Å²) in [6.07, 6.45) is 0. The van der Waals surface area contributed by atoms with Crippen molar-refractivity contribution >= 4 is 28.9 Å². The van der Waals surface area contributed by atoms with Gasteiger partial charge in [-0.05, 0) is 43.2 Å². The molecule has 0 atom stereocenters. The minimum Gasteiger partial charge on any atom is -0.455 e. The predicted molar refractivity (Wildman–Crippen MR) is 76.8 cm³/mol. The van der Waals surface area contributed by atoms with E-state index in [1.54, 1.807) is 12.1 Å². The minimum absolute atomic E-state index is 0.0330. The monoisotopic (exact) mass is 299 g/mol. The first-order chi connectivity index (χ1) is 8.88. The highest BCUT2D eigenvalue weighted by molar-refractivity contribution is 6.31. The first kappa shape index (κ1) is 14.0. The van der Waals surface area contributed by atoms with Gasteiger partial charge in [0.15, 0.2) is 5.75 Å². The second-order valence-electron chi connectivity index (χ2n) is 4.27. The molecule has 0 bridgehead atoms. The van der Waals surface area contributed by atoms with Gasteiger partial charge < -0.3 is 10.5 Å². The number of hydrogen-bond acceptors (Lipinski definition) is 2. The average molecular weight is 300 g/mol. The lowest BCUT2D eigenvalue weighted by Gasteiger charge is -2.14. The summed E-state index contributed by atoms with van der Waals surface area (Å²) in [5.74, 6) is 0.267. The first-order valence-electron chi connectivity index (χ1n) is 5.57. The highest BCUT2D eigenvalue weighted by Crippen LogP contribution is 2.35. The Hall–Kier alpha value is -1.45. The molecule has 0 radical (unpaired) electrons. The van der Waals surface area contributed by atoms with Crippen molar-refractivity contribution in [3.63, 3.8) is 0 Å². The zero-order valence-corrected chi connectivity index (χ0v) is 11.9. The summed E-state index contributed by atoms with van der Waals surface area (Å²) < 4.78 is 19.1. The Kier molecular flexibility index (Phi) is 3.88. The molecule has 0 aromatic heterocycles. The fourth-order valence-electron chi connectivity index (χ4n) is 1.80. The zero-order chi connectivity index (χ0) is 14.2. The maximum Gasteiger partial charge on any atom is 0.153 e. The van der Waals surface area contributed by atoms with Crippen LogP contribution in [0, 0.1) is 19.7 Å². The third kappa shape index (κ3) is 2.94. The van der Waals surface area contributed by atoms with E-state index >= 15 is 0 Å². The number of ether oxygens (including phenoxy) is 1. The van der Waals surface area contributed by atoms with Gasteiger partial charge in [0.2, 0.25) is 0 Å². The number of benzene rings is 2. The summed E-state index contributed by atoms with van der Waals surface area (Å²) in [5.41, 5.74) is 7.74. The van der Waals surface area contributed by atoms with E-state index in [1.807, 2.05) is 13.8 Å². The highest BCUT2D eigenvalue weighted by atomic mass is 35.5. The van der Waals surface area contributed by atoms with E-state index in [1.165, 1.54) is 12.1 Å². The highest BCUT2D eigenvalue weighted by Gasteiger charge is 2.12. The molecule has 0 unspecified atom stereocenters. The Labute approximate surface area is 120 Å². The quantitative estimate of drug-likeness (QED) is 0.781. The van der Waals surface area contributed by atoms with Gasteiger partial charge in [-0.15, -0.1) is 0 Å². The normalized spacial score (nSPS) is 10.6. The van der Waals surface area contributed by atoms with Crippen molar-refractivity contribution in [3.8, 4) is 11.5 Å². The number of halogens is 3. The molecule has 2 rings (SSSR count). The van der Waals surface area contributed by atoms with Crippen molar-refractivity contribution in [3.05, 3.63) is 51.3 Å². The van der Waals surface area contributed by atoms with Crippen molar-refractivity contribution in [2.24, 2.45) is 0 Å². The van der Waals surface area contributed by atoms with Crippen LogP contribution in [-0.2, 0) is 0 Å². The Balaban J connectivity index is 2.45. The molecular formula is C14H12Cl2FNO. The first-order valence-corrected chi connectivity index (χ1v) is 6.33. The standard InChI is InChI=1S/C14H12Cl2FNO/c1-7-3-9(15)4-8(2)14(7)19-13-6-11(17)10(16)5-12(13)18/h3-6H,18H2,1-2H3. The molecule has 0 saturated heterocycles. The molecule has 2 nitrogen and oxygen atoms in total. The van der Waals surface area contributed by atoms with Crippen molar-refractivity contribution in [1.29, 1.82) is 0 Å². The van der Waals surface area contributed by atoms with Crippen LogP contribution in [0.1, 0.15) is 11.1 Å². The summed E-state index contributed by atoms with van der Waals surface area (Å²) >= 11 is 11.6. The number of hydrogen-bond donors (Lipinski definition) is 1. The topological polar surface area (TPSA) is 35.2 Å². The Bertz CT molecular complexity index is 621. The lowest BCUT2D eigenvalue weighted by molar-refractivity contribution is 0.472. The lowest BCUT2D eigenvalue weighted by atomic mass is 10.1. The summed E-state index contributed by atoms with van der Waals surface area (Å²) in [6.45, 7) is 3.72. The van der Waals surface area contributed by atoms with Crippen molar-refractivity contribution in [2.75, 3.05) is 5.73 Å². The summed E-state index contributed by atoms with van der Waals surface area (Å²) in [7, 11) is 0. The van der Waals surface area contributed by atoms with E-state index in [9.17, 15) is 4.39 Å². The smallest absolute Gasteiger partial charge is 0.153 e. The van der Waals surface area contributed by atoms with Gasteiger partial charge >= 0.3 is 0 Å². The number of aryl methyl sites for hydroxylation is 2. The van der Waals surface area contributed by atoms with Gasteiger partial charge in [0, 0.05) is 11.1 Å². The van der Waals surface area contributed by atoms with Crippen LogP contribution in [0.25, 0.3) is 0 Å². The van der Waals surface area contributed by atoms with E-state index < -0.39 is 5.82 Å².